The van der Waals surface area contributed by atoms with E-state index in [1.54, 1.807) is 13.0 Å². The van der Waals surface area contributed by atoms with Crippen LogP contribution in [0.2, 0.25) is 0 Å². The largest absolute Gasteiger partial charge is 0.488 e. The molecule has 2 rings (SSSR count). The van der Waals surface area contributed by atoms with Gasteiger partial charge in [0.1, 0.15) is 12.4 Å². The number of hydrogen-bond donors (Lipinski definition) is 0. The zero-order valence-electron chi connectivity index (χ0n) is 11.3. The molecule has 0 N–H and O–H groups in total. The van der Waals surface area contributed by atoms with E-state index in [1.807, 2.05) is 31.2 Å². The van der Waals surface area contributed by atoms with Crippen molar-refractivity contribution in [3.05, 3.63) is 64.7 Å². The van der Waals surface area contributed by atoms with Crippen molar-refractivity contribution in [1.29, 1.82) is 0 Å². The number of rotatable bonds is 3. The van der Waals surface area contributed by atoms with Crippen LogP contribution in [0.15, 0.2) is 42.5 Å². The molecule has 0 aliphatic rings. The molecule has 0 aliphatic carbocycles. The minimum atomic E-state index is -4.41. The van der Waals surface area contributed by atoms with Crippen LogP contribution in [0.3, 0.4) is 0 Å². The molecule has 20 heavy (non-hydrogen) atoms. The molecular formula is C16H15F3O. The molecule has 1 nitrogen and oxygen atoms in total. The van der Waals surface area contributed by atoms with Crippen LogP contribution in [0.4, 0.5) is 13.2 Å². The predicted octanol–water partition coefficient (Wildman–Crippen LogP) is 4.90. The summed E-state index contributed by atoms with van der Waals surface area (Å²) in [5.41, 5.74) is 1.76. The summed E-state index contributed by atoms with van der Waals surface area (Å²) in [5.74, 6) is -0.135. The first kappa shape index (κ1) is 14.4. The van der Waals surface area contributed by atoms with Gasteiger partial charge in [0.25, 0.3) is 0 Å². The lowest BCUT2D eigenvalue weighted by Crippen LogP contribution is -2.09. The fourth-order valence-electron chi connectivity index (χ4n) is 1.84. The van der Waals surface area contributed by atoms with E-state index in [1.165, 1.54) is 6.07 Å². The van der Waals surface area contributed by atoms with Gasteiger partial charge in [-0.15, -0.1) is 0 Å². The first-order valence-electron chi connectivity index (χ1n) is 6.22. The van der Waals surface area contributed by atoms with Crippen LogP contribution in [-0.2, 0) is 12.8 Å². The molecule has 0 fully saturated rings. The van der Waals surface area contributed by atoms with Gasteiger partial charge in [-0.25, -0.2) is 0 Å². The molecule has 0 atom stereocenters. The zero-order valence-corrected chi connectivity index (χ0v) is 11.3. The molecule has 0 aromatic heterocycles. The molecule has 2 aromatic rings. The van der Waals surface area contributed by atoms with Crippen LogP contribution in [0.25, 0.3) is 0 Å². The highest BCUT2D eigenvalue weighted by molar-refractivity contribution is 5.39. The van der Waals surface area contributed by atoms with Crippen molar-refractivity contribution < 1.29 is 17.9 Å². The highest BCUT2D eigenvalue weighted by Crippen LogP contribution is 2.37. The highest BCUT2D eigenvalue weighted by atomic mass is 19.4. The van der Waals surface area contributed by atoms with Crippen molar-refractivity contribution in [1.82, 2.24) is 0 Å². The van der Waals surface area contributed by atoms with Crippen molar-refractivity contribution in [2.24, 2.45) is 0 Å². The second kappa shape index (κ2) is 5.57. The third kappa shape index (κ3) is 3.53. The summed E-state index contributed by atoms with van der Waals surface area (Å²) in [6, 6.07) is 11.6. The number of alkyl halides is 3. The van der Waals surface area contributed by atoms with Gasteiger partial charge in [-0.2, -0.15) is 13.2 Å². The Morgan fingerprint density at radius 1 is 0.900 bits per heavy atom. The topological polar surface area (TPSA) is 9.23 Å². The van der Waals surface area contributed by atoms with Gasteiger partial charge in [0.15, 0.2) is 0 Å². The molecule has 0 heterocycles. The van der Waals surface area contributed by atoms with E-state index in [0.29, 0.717) is 5.56 Å². The molecule has 2 aromatic carbocycles. The first-order chi connectivity index (χ1) is 9.36. The highest BCUT2D eigenvalue weighted by Gasteiger charge is 2.34. The number of halogens is 3. The quantitative estimate of drug-likeness (QED) is 0.777. The van der Waals surface area contributed by atoms with E-state index in [4.69, 9.17) is 4.74 Å². The average Bonchev–Trinajstić information content (AvgIpc) is 2.38. The normalized spacial score (nSPS) is 11.4. The van der Waals surface area contributed by atoms with Gasteiger partial charge in [0, 0.05) is 0 Å². The Morgan fingerprint density at radius 2 is 1.50 bits per heavy atom. The number of benzene rings is 2. The molecule has 0 saturated heterocycles. The van der Waals surface area contributed by atoms with Crippen LogP contribution < -0.4 is 4.74 Å². The molecule has 0 saturated carbocycles. The Morgan fingerprint density at radius 3 is 2.10 bits per heavy atom. The maximum Gasteiger partial charge on any atom is 0.419 e. The van der Waals surface area contributed by atoms with Gasteiger partial charge in [-0.1, -0.05) is 41.5 Å². The van der Waals surface area contributed by atoms with Gasteiger partial charge in [-0.05, 0) is 31.5 Å². The summed E-state index contributed by atoms with van der Waals surface area (Å²) in [6.07, 6.45) is -4.41. The summed E-state index contributed by atoms with van der Waals surface area (Å²) in [7, 11) is 0. The van der Waals surface area contributed by atoms with E-state index >= 15 is 0 Å². The monoisotopic (exact) mass is 280 g/mol. The van der Waals surface area contributed by atoms with Crippen LogP contribution in [0.1, 0.15) is 22.3 Å². The summed E-state index contributed by atoms with van der Waals surface area (Å²) in [4.78, 5) is 0. The molecule has 4 heteroatoms. The fourth-order valence-corrected chi connectivity index (χ4v) is 1.84. The van der Waals surface area contributed by atoms with Crippen molar-refractivity contribution in [3.8, 4) is 5.75 Å². The lowest BCUT2D eigenvalue weighted by Gasteiger charge is -2.14. The van der Waals surface area contributed by atoms with Crippen molar-refractivity contribution in [2.75, 3.05) is 0 Å². The molecule has 0 radical (unpaired) electrons. The summed E-state index contributed by atoms with van der Waals surface area (Å²) in [5, 5.41) is 0. The standard InChI is InChI=1S/C16H15F3O/c1-11-3-6-13(7-4-11)10-20-15-8-5-12(2)9-14(15)16(17,18)19/h3-9H,10H2,1-2H3. The van der Waals surface area contributed by atoms with Gasteiger partial charge in [0.2, 0.25) is 0 Å². The molecular weight excluding hydrogens is 265 g/mol. The minimum Gasteiger partial charge on any atom is -0.488 e. The molecule has 0 unspecified atom stereocenters. The second-order valence-corrected chi connectivity index (χ2v) is 4.77. The van der Waals surface area contributed by atoms with E-state index in [0.717, 1.165) is 17.2 Å². The minimum absolute atomic E-state index is 0.117. The van der Waals surface area contributed by atoms with Gasteiger partial charge >= 0.3 is 6.18 Å². The Hall–Kier alpha value is -1.97. The molecule has 106 valence electrons. The van der Waals surface area contributed by atoms with Crippen molar-refractivity contribution >= 4 is 0 Å². The Bertz CT molecular complexity index is 586. The van der Waals surface area contributed by atoms with E-state index in [9.17, 15) is 13.2 Å². The van der Waals surface area contributed by atoms with Crippen molar-refractivity contribution in [3.63, 3.8) is 0 Å². The summed E-state index contributed by atoms with van der Waals surface area (Å²) < 4.78 is 44.1. The molecule has 0 aliphatic heterocycles. The number of hydrogen-bond acceptors (Lipinski definition) is 1. The van der Waals surface area contributed by atoms with Crippen LogP contribution in [0, 0.1) is 13.8 Å². The summed E-state index contributed by atoms with van der Waals surface area (Å²) >= 11 is 0. The third-order valence-electron chi connectivity index (χ3n) is 2.96. The van der Waals surface area contributed by atoms with E-state index in [-0.39, 0.29) is 12.4 Å². The first-order valence-corrected chi connectivity index (χ1v) is 6.22. The SMILES string of the molecule is Cc1ccc(COc2ccc(C)cc2C(F)(F)F)cc1. The number of aryl methyl sites for hydroxylation is 2. The molecule has 0 bridgehead atoms. The van der Waals surface area contributed by atoms with Crippen LogP contribution in [-0.4, -0.2) is 0 Å². The van der Waals surface area contributed by atoms with Gasteiger partial charge in [0.05, 0.1) is 5.56 Å². The lowest BCUT2D eigenvalue weighted by molar-refractivity contribution is -0.139. The second-order valence-electron chi connectivity index (χ2n) is 4.77. The Labute approximate surface area is 116 Å². The van der Waals surface area contributed by atoms with Crippen LogP contribution >= 0.6 is 0 Å². The van der Waals surface area contributed by atoms with E-state index in [2.05, 4.69) is 0 Å². The van der Waals surface area contributed by atoms with Crippen molar-refractivity contribution in [2.45, 2.75) is 26.6 Å². The maximum atomic E-state index is 12.9. The van der Waals surface area contributed by atoms with Gasteiger partial charge < -0.3 is 4.74 Å². The maximum absolute atomic E-state index is 12.9. The van der Waals surface area contributed by atoms with Crippen LogP contribution in [0.5, 0.6) is 5.75 Å². The molecule has 0 spiro atoms. The summed E-state index contributed by atoms with van der Waals surface area (Å²) in [6.45, 7) is 3.69. The lowest BCUT2D eigenvalue weighted by atomic mass is 10.1. The zero-order chi connectivity index (χ0) is 14.8. The number of ether oxygens (including phenoxy) is 1. The fraction of sp³-hybridized carbons (Fsp3) is 0.250. The van der Waals surface area contributed by atoms with Gasteiger partial charge in [-0.3, -0.25) is 0 Å². The smallest absolute Gasteiger partial charge is 0.419 e. The third-order valence-corrected chi connectivity index (χ3v) is 2.96. The average molecular weight is 280 g/mol. The Balaban J connectivity index is 2.19. The van der Waals surface area contributed by atoms with E-state index < -0.39 is 11.7 Å². The Kier molecular flexibility index (Phi) is 4.02. The predicted molar refractivity (Wildman–Crippen MR) is 71.7 cm³/mol. The molecule has 0 amide bonds.